The van der Waals surface area contributed by atoms with Gasteiger partial charge in [-0.1, -0.05) is 36.4 Å². The number of nitrogens with zero attached hydrogens (tertiary/aromatic N) is 1. The highest BCUT2D eigenvalue weighted by atomic mass is 32.2. The third kappa shape index (κ3) is 3.20. The molecule has 3 aliphatic rings. The highest BCUT2D eigenvalue weighted by Gasteiger charge is 2.36. The number of fused-ring (bicyclic) bond motifs is 2. The lowest BCUT2D eigenvalue weighted by Gasteiger charge is -2.16. The summed E-state index contributed by atoms with van der Waals surface area (Å²) >= 11 is 0. The van der Waals surface area contributed by atoms with Gasteiger partial charge in [0.15, 0.2) is 0 Å². The Labute approximate surface area is 134 Å². The second-order valence-corrected chi connectivity index (χ2v) is 7.01. The minimum Gasteiger partial charge on any atom is -0.506 e. The summed E-state index contributed by atoms with van der Waals surface area (Å²) in [6, 6.07) is 13.9. The molecule has 1 unspecified atom stereocenters. The molecule has 2 aliphatic carbocycles. The summed E-state index contributed by atoms with van der Waals surface area (Å²) in [4.78, 5) is 10.5. The molecule has 23 heavy (non-hydrogen) atoms. The molecule has 1 fully saturated rings. The van der Waals surface area contributed by atoms with Crippen molar-refractivity contribution >= 4 is 22.2 Å². The van der Waals surface area contributed by atoms with E-state index < -0.39 is 16.3 Å². The van der Waals surface area contributed by atoms with Gasteiger partial charge in [0.25, 0.3) is 0 Å². The van der Waals surface area contributed by atoms with Crippen LogP contribution < -0.4 is 9.03 Å². The lowest BCUT2D eigenvalue weighted by atomic mass is 9.94. The number of nitrogens with one attached hydrogen (secondary N) is 1. The average Bonchev–Trinajstić information content (AvgIpc) is 2.83. The second-order valence-electron chi connectivity index (χ2n) is 5.38. The number of phenolic OH excluding ortho intramolecular Hbond substituents is 1. The van der Waals surface area contributed by atoms with E-state index in [4.69, 9.17) is 0 Å². The summed E-state index contributed by atoms with van der Waals surface area (Å²) in [6.45, 7) is -0.0105. The van der Waals surface area contributed by atoms with Crippen LogP contribution in [-0.2, 0) is 21.4 Å². The Morgan fingerprint density at radius 1 is 1.13 bits per heavy atom. The van der Waals surface area contributed by atoms with Crippen LogP contribution in [0.2, 0.25) is 0 Å². The zero-order valence-corrected chi connectivity index (χ0v) is 13.0. The van der Waals surface area contributed by atoms with Crippen molar-refractivity contribution in [2.45, 2.75) is 12.5 Å². The predicted molar refractivity (Wildman–Crippen MR) is 86.6 cm³/mol. The second kappa shape index (κ2) is 6.02. The molecule has 0 saturated carbocycles. The van der Waals surface area contributed by atoms with Crippen LogP contribution in [0.1, 0.15) is 11.1 Å². The Balaban J connectivity index is 0.000000183. The van der Waals surface area contributed by atoms with E-state index in [0.29, 0.717) is 6.29 Å². The van der Waals surface area contributed by atoms with E-state index in [1.165, 1.54) is 29.7 Å². The van der Waals surface area contributed by atoms with Crippen molar-refractivity contribution in [3.05, 3.63) is 59.7 Å². The highest BCUT2D eigenvalue weighted by molar-refractivity contribution is 7.91. The largest absolute Gasteiger partial charge is 0.506 e. The molecule has 6 nitrogen and oxygen atoms in total. The van der Waals surface area contributed by atoms with Crippen molar-refractivity contribution in [1.82, 2.24) is 4.72 Å². The minimum atomic E-state index is -3.73. The van der Waals surface area contributed by atoms with Gasteiger partial charge in [0, 0.05) is 0 Å². The van der Waals surface area contributed by atoms with Crippen LogP contribution in [0.15, 0.2) is 48.5 Å². The van der Waals surface area contributed by atoms with E-state index in [1.54, 1.807) is 12.1 Å². The van der Waals surface area contributed by atoms with Crippen molar-refractivity contribution < 1.29 is 18.3 Å². The molecule has 1 aliphatic heterocycles. The first-order chi connectivity index (χ1) is 11.0. The van der Waals surface area contributed by atoms with E-state index in [0.717, 1.165) is 4.31 Å². The fraction of sp³-hybridized carbons (Fsp3) is 0.188. The zero-order valence-electron chi connectivity index (χ0n) is 12.2. The summed E-state index contributed by atoms with van der Waals surface area (Å²) in [5, 5.41) is 9.54. The number of hydrogen-bond acceptors (Lipinski definition) is 4. The standard InChI is InChI=1S/C9H10N2O4S.C7H6/c12-6-7-5-11(16(14,15)10-7)8-3-1-2-4-9(8)13;1-2-6-4-7(3-1)5-6/h1-4,6-7,10,13H,5H2;1-4H,5H2. The average molecular weight is 332 g/mol. The van der Waals surface area contributed by atoms with Gasteiger partial charge in [-0.25, -0.2) is 0 Å². The molecule has 0 spiro atoms. The molecule has 2 bridgehead atoms. The Bertz CT molecular complexity index is 811. The van der Waals surface area contributed by atoms with Gasteiger partial charge in [0.05, 0.1) is 18.3 Å². The third-order valence-electron chi connectivity index (χ3n) is 3.67. The van der Waals surface area contributed by atoms with Crippen LogP contribution >= 0.6 is 0 Å². The van der Waals surface area contributed by atoms with Crippen LogP contribution in [0.5, 0.6) is 5.75 Å². The third-order valence-corrected chi connectivity index (χ3v) is 5.19. The normalized spacial score (nSPS) is 20.2. The molecular formula is C16H16N2O4S. The van der Waals surface area contributed by atoms with Crippen molar-refractivity contribution in [1.29, 1.82) is 0 Å². The number of para-hydroxylation sites is 2. The monoisotopic (exact) mass is 332 g/mol. The SMILES string of the molecule is O=CC1CN(c2ccccc2O)S(=O)(=O)N1.c1cc2cc(c1)C2. The topological polar surface area (TPSA) is 86.7 Å². The summed E-state index contributed by atoms with van der Waals surface area (Å²) in [5.41, 5.74) is 3.13. The van der Waals surface area contributed by atoms with Gasteiger partial charge in [-0.3, -0.25) is 4.31 Å². The van der Waals surface area contributed by atoms with Gasteiger partial charge in [-0.05, 0) is 29.7 Å². The van der Waals surface area contributed by atoms with Crippen LogP contribution in [0.4, 0.5) is 5.69 Å². The number of aldehydes is 1. The van der Waals surface area contributed by atoms with Crippen LogP contribution in [0, 0.1) is 0 Å². The lowest BCUT2D eigenvalue weighted by molar-refractivity contribution is -0.108. The Hall–Kier alpha value is -2.38. The maximum absolute atomic E-state index is 11.6. The Morgan fingerprint density at radius 2 is 1.78 bits per heavy atom. The number of rotatable bonds is 2. The number of carbonyl (C=O) groups is 1. The number of aromatic hydroxyl groups is 1. The number of carbonyl (C=O) groups excluding carboxylic acids is 1. The van der Waals surface area contributed by atoms with Gasteiger partial charge < -0.3 is 9.90 Å². The van der Waals surface area contributed by atoms with Crippen LogP contribution in [0.3, 0.4) is 0 Å². The first-order valence-electron chi connectivity index (χ1n) is 7.11. The fourth-order valence-electron chi connectivity index (χ4n) is 2.50. The smallest absolute Gasteiger partial charge is 0.302 e. The van der Waals surface area contributed by atoms with Gasteiger partial charge in [-0.15, -0.1) is 0 Å². The molecule has 2 N–H and O–H groups in total. The molecule has 7 heteroatoms. The van der Waals surface area contributed by atoms with E-state index in [1.807, 2.05) is 0 Å². The van der Waals surface area contributed by atoms with E-state index >= 15 is 0 Å². The molecule has 2 aromatic carbocycles. The van der Waals surface area contributed by atoms with Gasteiger partial charge in [0.1, 0.15) is 12.0 Å². The van der Waals surface area contributed by atoms with Crippen molar-refractivity contribution in [2.24, 2.45) is 0 Å². The molecule has 0 radical (unpaired) electrons. The number of anilines is 1. The molecule has 0 aromatic heterocycles. The van der Waals surface area contributed by atoms with Crippen LogP contribution in [-0.4, -0.2) is 32.4 Å². The predicted octanol–water partition coefficient (Wildman–Crippen LogP) is 1.20. The lowest BCUT2D eigenvalue weighted by Crippen LogP contribution is -2.30. The Kier molecular flexibility index (Phi) is 4.06. The Morgan fingerprint density at radius 3 is 2.22 bits per heavy atom. The van der Waals surface area contributed by atoms with E-state index in [-0.39, 0.29) is 18.0 Å². The van der Waals surface area contributed by atoms with Gasteiger partial charge in [-0.2, -0.15) is 13.1 Å². The summed E-state index contributed by atoms with van der Waals surface area (Å²) in [7, 11) is -3.73. The van der Waals surface area contributed by atoms with E-state index in [2.05, 4.69) is 29.0 Å². The summed E-state index contributed by atoms with van der Waals surface area (Å²) in [5.74, 6) is -0.139. The fourth-order valence-corrected chi connectivity index (χ4v) is 3.91. The molecule has 1 saturated heterocycles. The maximum Gasteiger partial charge on any atom is 0.302 e. The van der Waals surface area contributed by atoms with Crippen molar-refractivity contribution in [3.63, 3.8) is 0 Å². The highest BCUT2D eigenvalue weighted by Crippen LogP contribution is 2.30. The van der Waals surface area contributed by atoms with Crippen LogP contribution in [0.25, 0.3) is 0 Å². The van der Waals surface area contributed by atoms with Crippen molar-refractivity contribution in [2.75, 3.05) is 10.8 Å². The molecular weight excluding hydrogens is 316 g/mol. The first kappa shape index (κ1) is 15.5. The molecule has 120 valence electrons. The summed E-state index contributed by atoms with van der Waals surface area (Å²) < 4.78 is 26.4. The molecule has 2 aromatic rings. The first-order valence-corrected chi connectivity index (χ1v) is 8.55. The number of phenols is 1. The minimum absolute atomic E-state index is 0.0105. The van der Waals surface area contributed by atoms with Gasteiger partial charge >= 0.3 is 10.2 Å². The molecule has 0 amide bonds. The van der Waals surface area contributed by atoms with Gasteiger partial charge in [0.2, 0.25) is 0 Å². The molecule has 5 rings (SSSR count). The zero-order chi connectivity index (χ0) is 16.4. The molecule has 1 atom stereocenters. The number of hydrogen-bond donors (Lipinski definition) is 2. The molecule has 1 heterocycles. The maximum atomic E-state index is 11.6. The quantitative estimate of drug-likeness (QED) is 0.691. The van der Waals surface area contributed by atoms with E-state index in [9.17, 15) is 18.3 Å². The summed E-state index contributed by atoms with van der Waals surface area (Å²) in [6.07, 6.45) is 1.74. The number of benzene rings is 2. The van der Waals surface area contributed by atoms with Crippen molar-refractivity contribution in [3.8, 4) is 5.75 Å².